The molecule has 0 unspecified atom stereocenters. The van der Waals surface area contributed by atoms with Crippen LogP contribution in [0.4, 0.5) is 0 Å². The molecule has 12 heavy (non-hydrogen) atoms. The van der Waals surface area contributed by atoms with Gasteiger partial charge in [0.25, 0.3) is 0 Å². The van der Waals surface area contributed by atoms with Gasteiger partial charge in [-0.15, -0.1) is 0 Å². The lowest BCUT2D eigenvalue weighted by atomic mass is 10.3. The van der Waals surface area contributed by atoms with Crippen molar-refractivity contribution in [3.63, 3.8) is 0 Å². The van der Waals surface area contributed by atoms with E-state index >= 15 is 0 Å². The largest absolute Gasteiger partial charge is 0.365 e. The predicted molar refractivity (Wildman–Crippen MR) is 48.6 cm³/mol. The average molecular weight is 159 g/mol. The Bertz CT molecular complexity index is 271. The zero-order valence-electron chi connectivity index (χ0n) is 6.77. The molecule has 0 aliphatic heterocycles. The Morgan fingerprint density at radius 3 is 2.75 bits per heavy atom. The third-order valence-corrected chi connectivity index (χ3v) is 1.81. The molecule has 0 aromatic carbocycles. The van der Waals surface area contributed by atoms with Crippen LogP contribution in [0, 0.1) is 6.42 Å². The molecular formula is C10H11N2. The van der Waals surface area contributed by atoms with Gasteiger partial charge in [-0.2, -0.15) is 0 Å². The van der Waals surface area contributed by atoms with E-state index < -0.39 is 0 Å². The fourth-order valence-electron chi connectivity index (χ4n) is 1.17. The van der Waals surface area contributed by atoms with Crippen LogP contribution in [-0.4, -0.2) is 9.55 Å². The Morgan fingerprint density at radius 1 is 1.25 bits per heavy atom. The summed E-state index contributed by atoms with van der Waals surface area (Å²) in [5.41, 5.74) is 1.17. The molecular weight excluding hydrogens is 148 g/mol. The van der Waals surface area contributed by atoms with E-state index in [-0.39, 0.29) is 0 Å². The summed E-state index contributed by atoms with van der Waals surface area (Å²) in [5.74, 6) is 0. The molecule has 0 fully saturated rings. The van der Waals surface area contributed by atoms with Crippen molar-refractivity contribution in [1.82, 2.24) is 9.55 Å². The first kappa shape index (κ1) is 7.22. The Kier molecular flexibility index (Phi) is 1.99. The van der Waals surface area contributed by atoms with Crippen molar-refractivity contribution in [1.29, 1.82) is 0 Å². The lowest BCUT2D eigenvalue weighted by Crippen LogP contribution is -1.95. The predicted octanol–water partition coefficient (Wildman–Crippen LogP) is 2.07. The normalized spacial score (nSPS) is 10.3. The van der Waals surface area contributed by atoms with Crippen molar-refractivity contribution in [2.75, 3.05) is 0 Å². The first-order valence-electron chi connectivity index (χ1n) is 4.02. The molecule has 0 saturated heterocycles. The lowest BCUT2D eigenvalue weighted by molar-refractivity contribution is 0.790. The van der Waals surface area contributed by atoms with Crippen molar-refractivity contribution in [3.8, 4) is 0 Å². The van der Waals surface area contributed by atoms with Crippen LogP contribution in [0.5, 0.6) is 0 Å². The van der Waals surface area contributed by atoms with Gasteiger partial charge in [0.05, 0.1) is 0 Å². The number of rotatable bonds is 3. The molecule has 2 heteroatoms. The number of H-pyrrole nitrogens is 1. The van der Waals surface area contributed by atoms with Crippen LogP contribution in [0.2, 0.25) is 0 Å². The Balaban J connectivity index is 1.91. The van der Waals surface area contributed by atoms with Gasteiger partial charge in [-0.1, -0.05) is 0 Å². The van der Waals surface area contributed by atoms with E-state index in [4.69, 9.17) is 0 Å². The van der Waals surface area contributed by atoms with E-state index in [2.05, 4.69) is 34.4 Å². The quantitative estimate of drug-likeness (QED) is 0.707. The van der Waals surface area contributed by atoms with Gasteiger partial charge in [0, 0.05) is 37.3 Å². The van der Waals surface area contributed by atoms with Crippen molar-refractivity contribution in [2.24, 2.45) is 0 Å². The van der Waals surface area contributed by atoms with Crippen LogP contribution in [0.15, 0.2) is 42.9 Å². The topological polar surface area (TPSA) is 20.7 Å². The molecule has 2 aromatic rings. The molecule has 1 radical (unpaired) electrons. The maximum atomic E-state index is 3.13. The molecule has 0 aliphatic rings. The number of hydrogen-bond donors (Lipinski definition) is 1. The molecule has 61 valence electrons. The zero-order valence-corrected chi connectivity index (χ0v) is 6.77. The third-order valence-electron chi connectivity index (χ3n) is 1.81. The minimum absolute atomic E-state index is 0.924. The van der Waals surface area contributed by atoms with E-state index in [1.165, 1.54) is 5.69 Å². The van der Waals surface area contributed by atoms with Crippen LogP contribution < -0.4 is 0 Å². The van der Waals surface area contributed by atoms with E-state index in [1.54, 1.807) is 0 Å². The molecule has 0 spiro atoms. The van der Waals surface area contributed by atoms with Crippen LogP contribution in [0.25, 0.3) is 0 Å². The molecule has 0 bridgehead atoms. The summed E-state index contributed by atoms with van der Waals surface area (Å²) in [4.78, 5) is 3.13. The van der Waals surface area contributed by atoms with Gasteiger partial charge < -0.3 is 9.55 Å². The maximum Gasteiger partial charge on any atom is 0.0309 e. The summed E-state index contributed by atoms with van der Waals surface area (Å²) < 4.78 is 2.13. The van der Waals surface area contributed by atoms with Gasteiger partial charge in [-0.05, 0) is 24.3 Å². The van der Waals surface area contributed by atoms with Crippen molar-refractivity contribution >= 4 is 0 Å². The summed E-state index contributed by atoms with van der Waals surface area (Å²) in [6.45, 7) is 0.924. The molecule has 0 saturated carbocycles. The highest BCUT2D eigenvalue weighted by atomic mass is 14.9. The minimum atomic E-state index is 0.924. The number of nitrogens with one attached hydrogen (secondary N) is 1. The molecule has 2 heterocycles. The smallest absolute Gasteiger partial charge is 0.0309 e. The number of hydrogen-bond acceptors (Lipinski definition) is 0. The molecule has 2 nitrogen and oxygen atoms in total. The SMILES string of the molecule is [CH](Cn1cccc1)c1ccc[nH]1. The number of aromatic nitrogens is 2. The summed E-state index contributed by atoms with van der Waals surface area (Å²) in [5, 5.41) is 0. The summed E-state index contributed by atoms with van der Waals surface area (Å²) in [6.07, 6.45) is 8.19. The summed E-state index contributed by atoms with van der Waals surface area (Å²) >= 11 is 0. The first-order chi connectivity index (χ1) is 5.95. The van der Waals surface area contributed by atoms with E-state index in [0.717, 1.165) is 6.54 Å². The van der Waals surface area contributed by atoms with Gasteiger partial charge in [0.15, 0.2) is 0 Å². The van der Waals surface area contributed by atoms with Gasteiger partial charge >= 0.3 is 0 Å². The van der Waals surface area contributed by atoms with Crippen LogP contribution >= 0.6 is 0 Å². The average Bonchev–Trinajstić information content (AvgIpc) is 2.74. The molecule has 0 amide bonds. The van der Waals surface area contributed by atoms with Gasteiger partial charge in [-0.3, -0.25) is 0 Å². The number of aromatic amines is 1. The molecule has 1 N–H and O–H groups in total. The van der Waals surface area contributed by atoms with Gasteiger partial charge in [0.1, 0.15) is 0 Å². The highest BCUT2D eigenvalue weighted by Gasteiger charge is 1.93. The van der Waals surface area contributed by atoms with Crippen LogP contribution in [0.3, 0.4) is 0 Å². The molecule has 0 aliphatic carbocycles. The maximum absolute atomic E-state index is 3.13. The second-order valence-corrected chi connectivity index (χ2v) is 2.71. The molecule has 2 rings (SSSR count). The fourth-order valence-corrected chi connectivity index (χ4v) is 1.17. The van der Waals surface area contributed by atoms with Gasteiger partial charge in [-0.25, -0.2) is 0 Å². The van der Waals surface area contributed by atoms with Crippen LogP contribution in [-0.2, 0) is 6.54 Å². The third kappa shape index (κ3) is 1.59. The fraction of sp³-hybridized carbons (Fsp3) is 0.100. The lowest BCUT2D eigenvalue weighted by Gasteiger charge is -1.99. The standard InChI is InChI=1S/C10H11N2/c1-2-8-12(7-1)9-5-10-4-3-6-11-10/h1-8,11H,9H2. The van der Waals surface area contributed by atoms with E-state index in [1.807, 2.05) is 24.4 Å². The Hall–Kier alpha value is -1.44. The molecule has 2 aromatic heterocycles. The second-order valence-electron chi connectivity index (χ2n) is 2.71. The highest BCUT2D eigenvalue weighted by molar-refractivity contribution is 5.13. The van der Waals surface area contributed by atoms with Crippen molar-refractivity contribution < 1.29 is 0 Å². The molecule has 0 atom stereocenters. The second kappa shape index (κ2) is 3.30. The van der Waals surface area contributed by atoms with E-state index in [9.17, 15) is 0 Å². The Labute approximate surface area is 71.8 Å². The summed E-state index contributed by atoms with van der Waals surface area (Å²) in [7, 11) is 0. The Morgan fingerprint density at radius 2 is 2.08 bits per heavy atom. The van der Waals surface area contributed by atoms with Crippen molar-refractivity contribution in [3.05, 3.63) is 55.0 Å². The highest BCUT2D eigenvalue weighted by Crippen LogP contribution is 2.01. The van der Waals surface area contributed by atoms with Gasteiger partial charge in [0.2, 0.25) is 0 Å². The minimum Gasteiger partial charge on any atom is -0.365 e. The zero-order chi connectivity index (χ0) is 8.23. The van der Waals surface area contributed by atoms with Crippen LogP contribution in [0.1, 0.15) is 5.69 Å². The van der Waals surface area contributed by atoms with Crippen molar-refractivity contribution in [2.45, 2.75) is 6.54 Å². The summed E-state index contributed by atoms with van der Waals surface area (Å²) in [6, 6.07) is 8.12. The number of nitrogens with zero attached hydrogens (tertiary/aromatic N) is 1. The first-order valence-corrected chi connectivity index (χ1v) is 4.02. The van der Waals surface area contributed by atoms with E-state index in [0.29, 0.717) is 0 Å². The monoisotopic (exact) mass is 159 g/mol.